The fourth-order valence-electron chi connectivity index (χ4n) is 5.47. The maximum atomic E-state index is 13.6. The molecule has 2 aliphatic carbocycles. The van der Waals surface area contributed by atoms with E-state index in [2.05, 4.69) is 10.3 Å². The van der Waals surface area contributed by atoms with Crippen LogP contribution in [0, 0.1) is 5.92 Å². The van der Waals surface area contributed by atoms with Gasteiger partial charge in [-0.25, -0.2) is 9.40 Å². The molecular formula is C25H30Cl2FN5O. The lowest BCUT2D eigenvalue weighted by atomic mass is 9.89. The van der Waals surface area contributed by atoms with E-state index in [1.54, 1.807) is 23.2 Å². The smallest absolute Gasteiger partial charge is 0.281 e. The van der Waals surface area contributed by atoms with Gasteiger partial charge in [0.1, 0.15) is 11.5 Å². The van der Waals surface area contributed by atoms with Crippen LogP contribution in [0.3, 0.4) is 0 Å². The third-order valence-electron chi connectivity index (χ3n) is 7.36. The molecule has 1 amide bonds. The summed E-state index contributed by atoms with van der Waals surface area (Å²) >= 11 is 12.6. The average molecular weight is 506 g/mol. The van der Waals surface area contributed by atoms with Crippen molar-refractivity contribution in [2.75, 3.05) is 31.2 Å². The molecule has 0 aromatic heterocycles. The zero-order chi connectivity index (χ0) is 23.7. The van der Waals surface area contributed by atoms with Gasteiger partial charge in [-0.05, 0) is 49.6 Å². The van der Waals surface area contributed by atoms with Crippen LogP contribution in [0.4, 0.5) is 10.1 Å². The van der Waals surface area contributed by atoms with Crippen LogP contribution in [-0.4, -0.2) is 59.8 Å². The van der Waals surface area contributed by atoms with Crippen LogP contribution in [0.5, 0.6) is 0 Å². The number of rotatable bonds is 5. The molecule has 182 valence electrons. The Kier molecular flexibility index (Phi) is 7.25. The first-order valence-corrected chi connectivity index (χ1v) is 12.9. The molecule has 1 saturated heterocycles. The number of hydrazine groups is 1. The monoisotopic (exact) mass is 505 g/mol. The topological polar surface area (TPSA) is 51.2 Å². The van der Waals surface area contributed by atoms with Crippen molar-refractivity contribution in [3.05, 3.63) is 52.3 Å². The number of carbonyl (C=O) groups is 1. The average Bonchev–Trinajstić information content (AvgIpc) is 3.51. The number of hydrogen-bond acceptors (Lipinski definition) is 5. The summed E-state index contributed by atoms with van der Waals surface area (Å²) in [6.45, 7) is 3.55. The van der Waals surface area contributed by atoms with Crippen LogP contribution >= 0.6 is 23.2 Å². The number of hydrogen-bond donors (Lipinski definition) is 1. The van der Waals surface area contributed by atoms with Gasteiger partial charge in [0, 0.05) is 49.6 Å². The van der Waals surface area contributed by atoms with Crippen LogP contribution in [0.15, 0.2) is 47.4 Å². The largest absolute Gasteiger partial charge is 0.298 e. The minimum absolute atomic E-state index is 0.00949. The summed E-state index contributed by atoms with van der Waals surface area (Å²) in [6, 6.07) is 5.81. The van der Waals surface area contributed by atoms with E-state index < -0.39 is 0 Å². The maximum Gasteiger partial charge on any atom is 0.281 e. The highest BCUT2D eigenvalue weighted by atomic mass is 35.5. The van der Waals surface area contributed by atoms with E-state index in [0.717, 1.165) is 26.2 Å². The number of hydrazone groups is 1. The van der Waals surface area contributed by atoms with E-state index in [0.29, 0.717) is 40.3 Å². The van der Waals surface area contributed by atoms with E-state index >= 15 is 0 Å². The molecule has 1 aromatic rings. The summed E-state index contributed by atoms with van der Waals surface area (Å²) in [5.41, 5.74) is 4.21. The molecule has 4 aliphatic rings. The van der Waals surface area contributed by atoms with Crippen LogP contribution in [0.25, 0.3) is 0 Å². The normalized spacial score (nSPS) is 26.6. The Labute approximate surface area is 210 Å². The van der Waals surface area contributed by atoms with Gasteiger partial charge >= 0.3 is 0 Å². The van der Waals surface area contributed by atoms with Gasteiger partial charge in [0.05, 0.1) is 16.8 Å². The Morgan fingerprint density at radius 3 is 2.56 bits per heavy atom. The fraction of sp³-hybridized carbons (Fsp3) is 0.520. The number of nitrogens with one attached hydrogen (secondary N) is 1. The lowest BCUT2D eigenvalue weighted by Crippen LogP contribution is -2.56. The number of anilines is 1. The van der Waals surface area contributed by atoms with Crippen LogP contribution in [0.1, 0.15) is 38.5 Å². The molecule has 0 radical (unpaired) electrons. The molecule has 9 heteroatoms. The number of halogens is 3. The van der Waals surface area contributed by atoms with Crippen molar-refractivity contribution in [2.45, 2.75) is 50.6 Å². The van der Waals surface area contributed by atoms with Crippen molar-refractivity contribution in [3.63, 3.8) is 0 Å². The fourth-order valence-corrected chi connectivity index (χ4v) is 5.97. The molecule has 2 atom stereocenters. The molecule has 2 heterocycles. The van der Waals surface area contributed by atoms with E-state index in [4.69, 9.17) is 28.3 Å². The molecule has 0 spiro atoms. The van der Waals surface area contributed by atoms with Crippen molar-refractivity contribution in [1.82, 2.24) is 15.3 Å². The number of benzene rings is 1. The van der Waals surface area contributed by atoms with Crippen LogP contribution in [0.2, 0.25) is 10.0 Å². The van der Waals surface area contributed by atoms with Gasteiger partial charge < -0.3 is 0 Å². The van der Waals surface area contributed by atoms with Gasteiger partial charge in [-0.1, -0.05) is 42.1 Å². The van der Waals surface area contributed by atoms with Gasteiger partial charge in [-0.2, -0.15) is 5.10 Å². The zero-order valence-corrected chi connectivity index (χ0v) is 20.6. The Bertz CT molecular complexity index is 1010. The molecule has 5 rings (SSSR count). The molecule has 2 unspecified atom stereocenters. The molecule has 1 saturated carbocycles. The third-order valence-corrected chi connectivity index (χ3v) is 7.90. The van der Waals surface area contributed by atoms with E-state index in [9.17, 15) is 9.18 Å². The lowest BCUT2D eigenvalue weighted by molar-refractivity contribution is -0.120. The highest BCUT2D eigenvalue weighted by Gasteiger charge is 2.37. The maximum absolute atomic E-state index is 13.6. The van der Waals surface area contributed by atoms with Crippen molar-refractivity contribution in [3.8, 4) is 0 Å². The van der Waals surface area contributed by atoms with Crippen molar-refractivity contribution < 1.29 is 9.18 Å². The van der Waals surface area contributed by atoms with E-state index in [1.165, 1.54) is 31.8 Å². The second-order valence-electron chi connectivity index (χ2n) is 9.51. The number of piperazine rings is 1. The number of nitrogens with zero attached hydrogens (tertiary/aromatic N) is 4. The van der Waals surface area contributed by atoms with Gasteiger partial charge in [-0.3, -0.25) is 20.1 Å². The first-order chi connectivity index (χ1) is 16.5. The standard InChI is InChI=1S/C25H30Cl2FN5O/c26-18-7-10-23(21(27)15-18)33-24(17-5-8-19(28)9-6-17)16-22(29-33)25(34)30-32-13-11-31(12-14-32)20-3-1-2-4-20/h5,7-10,15,17,20,24H,1-4,6,11-14,16H2,(H,30,34). The third kappa shape index (κ3) is 5.18. The molecule has 2 aliphatic heterocycles. The summed E-state index contributed by atoms with van der Waals surface area (Å²) < 4.78 is 13.6. The molecule has 6 nitrogen and oxygen atoms in total. The Hall–Kier alpha value is -1.93. The van der Waals surface area contributed by atoms with Crippen LogP contribution < -0.4 is 10.4 Å². The summed E-state index contributed by atoms with van der Waals surface area (Å²) in [4.78, 5) is 15.7. The minimum Gasteiger partial charge on any atom is -0.298 e. The molecule has 0 bridgehead atoms. The number of carbonyl (C=O) groups excluding carboxylic acids is 1. The Balaban J connectivity index is 1.28. The predicted molar refractivity (Wildman–Crippen MR) is 135 cm³/mol. The predicted octanol–water partition coefficient (Wildman–Crippen LogP) is 4.95. The highest BCUT2D eigenvalue weighted by molar-refractivity contribution is 6.40. The lowest BCUT2D eigenvalue weighted by Gasteiger charge is -2.37. The molecule has 1 N–H and O–H groups in total. The first-order valence-electron chi connectivity index (χ1n) is 12.1. The number of amides is 1. The summed E-state index contributed by atoms with van der Waals surface area (Å²) in [7, 11) is 0. The van der Waals surface area contributed by atoms with E-state index in [-0.39, 0.29) is 23.7 Å². The second-order valence-corrected chi connectivity index (χ2v) is 10.4. The Morgan fingerprint density at radius 2 is 1.88 bits per heavy atom. The van der Waals surface area contributed by atoms with Gasteiger partial charge in [-0.15, -0.1) is 0 Å². The zero-order valence-electron chi connectivity index (χ0n) is 19.1. The van der Waals surface area contributed by atoms with E-state index in [1.807, 2.05) is 17.2 Å². The van der Waals surface area contributed by atoms with Gasteiger partial charge in [0.2, 0.25) is 0 Å². The molecular weight excluding hydrogens is 476 g/mol. The quantitative estimate of drug-likeness (QED) is 0.614. The SMILES string of the molecule is O=C(NN1CCN(C2CCCC2)CC1)C1=NN(c2ccc(Cl)cc2Cl)C(C2C=CC(F)=CC2)C1. The number of allylic oxidation sites excluding steroid dienone is 3. The summed E-state index contributed by atoms with van der Waals surface area (Å²) in [5.74, 6) is -0.412. The van der Waals surface area contributed by atoms with Crippen LogP contribution in [-0.2, 0) is 4.79 Å². The van der Waals surface area contributed by atoms with Gasteiger partial charge in [0.25, 0.3) is 5.91 Å². The summed E-state index contributed by atoms with van der Waals surface area (Å²) in [6.07, 6.45) is 11.2. The molecule has 34 heavy (non-hydrogen) atoms. The minimum atomic E-state index is -0.235. The first kappa shape index (κ1) is 23.8. The summed E-state index contributed by atoms with van der Waals surface area (Å²) in [5, 5.41) is 9.50. The molecule has 1 aromatic carbocycles. The second kappa shape index (κ2) is 10.4. The Morgan fingerprint density at radius 1 is 1.12 bits per heavy atom. The van der Waals surface area contributed by atoms with Crippen molar-refractivity contribution >= 4 is 40.5 Å². The molecule has 2 fully saturated rings. The van der Waals surface area contributed by atoms with Crippen molar-refractivity contribution in [1.29, 1.82) is 0 Å². The van der Waals surface area contributed by atoms with Gasteiger partial charge in [0.15, 0.2) is 0 Å². The van der Waals surface area contributed by atoms with Crippen molar-refractivity contribution in [2.24, 2.45) is 11.0 Å². The highest BCUT2D eigenvalue weighted by Crippen LogP contribution is 2.37.